The number of terminal acetylenes is 2. The van der Waals surface area contributed by atoms with Crippen LogP contribution in [0, 0.1) is 38.5 Å². The summed E-state index contributed by atoms with van der Waals surface area (Å²) in [5.41, 5.74) is 12.1. The summed E-state index contributed by atoms with van der Waals surface area (Å²) in [5, 5.41) is 0. The van der Waals surface area contributed by atoms with Crippen molar-refractivity contribution in [2.75, 3.05) is 26.8 Å². The summed E-state index contributed by atoms with van der Waals surface area (Å²) < 4.78 is 20.2. The first kappa shape index (κ1) is 38.8. The van der Waals surface area contributed by atoms with Crippen molar-refractivity contribution in [2.24, 2.45) is 9.98 Å². The highest BCUT2D eigenvalue weighted by Crippen LogP contribution is 2.37. The summed E-state index contributed by atoms with van der Waals surface area (Å²) >= 11 is 0. The van der Waals surface area contributed by atoms with E-state index in [1.165, 1.54) is 0 Å². The molecule has 2 aliphatic heterocycles. The molecule has 294 valence electrons. The minimum Gasteiger partial charge on any atom is -0.434 e. The Balaban J connectivity index is 0.863. The number of benzene rings is 4. The molecule has 0 radical (unpaired) electrons. The largest absolute Gasteiger partial charge is 0.434 e. The van der Waals surface area contributed by atoms with Crippen LogP contribution in [0.1, 0.15) is 92.3 Å². The lowest BCUT2D eigenvalue weighted by molar-refractivity contribution is -0.225. The van der Waals surface area contributed by atoms with Gasteiger partial charge in [-0.3, -0.25) is 19.1 Å². The van der Waals surface area contributed by atoms with E-state index in [1.807, 2.05) is 103 Å². The maximum absolute atomic E-state index is 13.3. The van der Waals surface area contributed by atoms with Gasteiger partial charge in [-0.15, -0.1) is 12.8 Å². The number of hydrogen-bond acceptors (Lipinski definition) is 10. The van der Waals surface area contributed by atoms with Crippen LogP contribution in [0.5, 0.6) is 5.88 Å². The molecule has 2 aliphatic rings. The van der Waals surface area contributed by atoms with E-state index in [9.17, 15) is 4.79 Å². The Kier molecular flexibility index (Phi) is 11.0. The topological polar surface area (TPSA) is 124 Å². The zero-order chi connectivity index (χ0) is 41.0. The normalized spacial score (nSPS) is 15.2. The number of hydrogen-bond donors (Lipinski definition) is 0. The van der Waals surface area contributed by atoms with E-state index in [0.29, 0.717) is 5.69 Å². The van der Waals surface area contributed by atoms with Crippen molar-refractivity contribution < 1.29 is 28.8 Å². The number of imidazole rings is 2. The van der Waals surface area contributed by atoms with Gasteiger partial charge in [0.25, 0.3) is 5.88 Å². The minimum absolute atomic E-state index is 0.0671. The maximum atomic E-state index is 13.3. The van der Waals surface area contributed by atoms with Gasteiger partial charge >= 0.3 is 5.97 Å². The van der Waals surface area contributed by atoms with Crippen LogP contribution in [-0.4, -0.2) is 63.3 Å². The van der Waals surface area contributed by atoms with E-state index in [4.69, 9.17) is 46.8 Å². The molecule has 0 spiro atoms. The smallest absolute Gasteiger partial charge is 0.361 e. The van der Waals surface area contributed by atoms with Gasteiger partial charge < -0.3 is 19.1 Å². The van der Waals surface area contributed by atoms with Gasteiger partial charge in [0.15, 0.2) is 19.3 Å². The first-order valence-electron chi connectivity index (χ1n) is 19.0. The Bertz CT molecular complexity index is 2730. The van der Waals surface area contributed by atoms with Crippen molar-refractivity contribution >= 4 is 17.4 Å². The molecule has 12 nitrogen and oxygen atoms in total. The lowest BCUT2D eigenvalue weighted by Crippen LogP contribution is -2.15. The molecule has 0 amide bonds. The van der Waals surface area contributed by atoms with Gasteiger partial charge in [-0.25, -0.2) is 9.78 Å². The second kappa shape index (κ2) is 16.8. The predicted octanol–water partition coefficient (Wildman–Crippen LogP) is 7.58. The highest BCUT2D eigenvalue weighted by Gasteiger charge is 2.31. The summed E-state index contributed by atoms with van der Waals surface area (Å²) in [6, 6.07) is 26.9. The molecule has 6 aromatic rings. The fourth-order valence-corrected chi connectivity index (χ4v) is 7.40. The van der Waals surface area contributed by atoms with Gasteiger partial charge in [-0.05, 0) is 75.2 Å². The Morgan fingerprint density at radius 3 is 1.83 bits per heavy atom. The first-order chi connectivity index (χ1) is 28.8. The molecule has 0 N–H and O–H groups in total. The molecule has 2 atom stereocenters. The average Bonchev–Trinajstić information content (AvgIpc) is 3.84. The number of aryl methyl sites for hydroxylation is 2. The molecule has 12 heteroatoms. The van der Waals surface area contributed by atoms with Crippen LogP contribution in [0.4, 0.5) is 0 Å². The molecule has 4 heterocycles. The molecule has 4 aromatic carbocycles. The summed E-state index contributed by atoms with van der Waals surface area (Å²) in [5.74, 6) is 5.09. The number of fused-ring (bicyclic) bond motifs is 6. The lowest BCUT2D eigenvalue weighted by atomic mass is 9.95. The number of ether oxygens (including phenoxy) is 3. The number of carbonyl (C=O) groups is 1. The molecule has 0 saturated carbocycles. The number of nitrogens with zero attached hydrogens (tertiary/aromatic N) is 6. The molecule has 0 saturated heterocycles. The monoisotopic (exact) mass is 784 g/mol. The van der Waals surface area contributed by atoms with E-state index in [2.05, 4.69) is 40.9 Å². The van der Waals surface area contributed by atoms with Gasteiger partial charge in [-0.1, -0.05) is 60.4 Å². The molecular formula is C47H40N6O6. The van der Waals surface area contributed by atoms with Crippen LogP contribution in [0.3, 0.4) is 0 Å². The fraction of sp³-hybridized carbons (Fsp3) is 0.213. The summed E-state index contributed by atoms with van der Waals surface area (Å²) in [7, 11) is 0. The number of rotatable bonds is 12. The van der Waals surface area contributed by atoms with E-state index >= 15 is 0 Å². The molecule has 0 fully saturated rings. The molecule has 59 heavy (non-hydrogen) atoms. The molecule has 2 aromatic heterocycles. The number of carbonyl (C=O) groups excluding carboxylic acids is 1. The highest BCUT2D eigenvalue weighted by molar-refractivity contribution is 6.17. The predicted molar refractivity (Wildman–Crippen MR) is 222 cm³/mol. The third-order valence-electron chi connectivity index (χ3n) is 10.2. The Hall–Kier alpha value is -7.09. The van der Waals surface area contributed by atoms with E-state index in [0.717, 1.165) is 73.0 Å². The Morgan fingerprint density at radius 2 is 1.24 bits per heavy atom. The van der Waals surface area contributed by atoms with E-state index in [-0.39, 0.29) is 44.4 Å². The zero-order valence-electron chi connectivity index (χ0n) is 33.0. The number of esters is 1. The van der Waals surface area contributed by atoms with Gasteiger partial charge in [0, 0.05) is 33.4 Å². The van der Waals surface area contributed by atoms with Crippen molar-refractivity contribution in [2.45, 2.75) is 39.8 Å². The Labute approximate surface area is 342 Å². The van der Waals surface area contributed by atoms with Gasteiger partial charge in [-0.2, -0.15) is 9.87 Å². The standard InChI is InChI=1S/C47H40N6O6/c1-7-33-17-19-39-37(23-33)41(35-15-11-9-13-29(35)3)50-31(5)44-43(48-25-52(39)44)47(54)57-28-56-27-55-21-22-58-59-46-45-32(6)51-42(36-16-12-10-14-30(36)4)38-24-34(8-2)18-20-40(38)53(45)26-49-46/h1-2,9-20,23-26,31-32H,21-22,27-28H2,3-6H3. The molecule has 8 rings (SSSR count). The second-order valence-corrected chi connectivity index (χ2v) is 14.0. The van der Waals surface area contributed by atoms with Gasteiger partial charge in [0.05, 0.1) is 47.2 Å². The minimum atomic E-state index is -0.651. The van der Waals surface area contributed by atoms with E-state index in [1.54, 1.807) is 12.7 Å². The average molecular weight is 785 g/mol. The summed E-state index contributed by atoms with van der Waals surface area (Å²) in [4.78, 5) is 43.6. The summed E-state index contributed by atoms with van der Waals surface area (Å²) in [6.45, 7) is 7.67. The van der Waals surface area contributed by atoms with Crippen molar-refractivity contribution in [3.8, 4) is 41.9 Å². The van der Waals surface area contributed by atoms with E-state index < -0.39 is 12.0 Å². The molecule has 2 unspecified atom stereocenters. The SMILES string of the molecule is C#Cc1ccc2c(c1)C(c1ccccc1C)=NC(C)c1c(OOCCOCOCOC(=O)c3ncn4c3C(C)N=C(c3ccccc3C)c3cc(C#C)ccc3-4)ncn1-2. The van der Waals surface area contributed by atoms with Crippen molar-refractivity contribution in [1.82, 2.24) is 19.1 Å². The van der Waals surface area contributed by atoms with Crippen LogP contribution in [0.15, 0.2) is 108 Å². The number of aromatic nitrogens is 4. The highest BCUT2D eigenvalue weighted by atomic mass is 17.2. The van der Waals surface area contributed by atoms with Crippen molar-refractivity contribution in [1.29, 1.82) is 0 Å². The van der Waals surface area contributed by atoms with Crippen LogP contribution >= 0.6 is 0 Å². The van der Waals surface area contributed by atoms with Crippen LogP contribution < -0.4 is 4.89 Å². The van der Waals surface area contributed by atoms with Gasteiger partial charge in [0.2, 0.25) is 0 Å². The van der Waals surface area contributed by atoms with Gasteiger partial charge in [0.1, 0.15) is 25.0 Å². The number of aliphatic imine (C=N–C) groups is 2. The quantitative estimate of drug-likeness (QED) is 0.0311. The molecule has 0 aliphatic carbocycles. The maximum Gasteiger partial charge on any atom is 0.361 e. The van der Waals surface area contributed by atoms with Crippen LogP contribution in [0.25, 0.3) is 11.4 Å². The summed E-state index contributed by atoms with van der Waals surface area (Å²) in [6.07, 6.45) is 14.8. The molecular weight excluding hydrogens is 745 g/mol. The zero-order valence-corrected chi connectivity index (χ0v) is 33.0. The third-order valence-corrected chi connectivity index (χ3v) is 10.2. The fourth-order valence-electron chi connectivity index (χ4n) is 7.40. The second-order valence-electron chi connectivity index (χ2n) is 14.0. The first-order valence-corrected chi connectivity index (χ1v) is 19.0. The van der Waals surface area contributed by atoms with Crippen molar-refractivity contribution in [3.63, 3.8) is 0 Å². The lowest BCUT2D eigenvalue weighted by Gasteiger charge is -2.13. The molecule has 0 bridgehead atoms. The Morgan fingerprint density at radius 1 is 0.678 bits per heavy atom. The third kappa shape index (κ3) is 7.56. The van der Waals surface area contributed by atoms with Crippen LogP contribution in [-0.2, 0) is 19.1 Å². The van der Waals surface area contributed by atoms with Crippen LogP contribution in [0.2, 0.25) is 0 Å². The van der Waals surface area contributed by atoms with Crippen molar-refractivity contribution in [3.05, 3.63) is 159 Å².